The smallest absolute Gasteiger partial charge is 0.335 e. The van der Waals surface area contributed by atoms with E-state index in [1.165, 1.54) is 12.1 Å². The van der Waals surface area contributed by atoms with Gasteiger partial charge < -0.3 is 14.9 Å². The molecule has 0 amide bonds. The van der Waals surface area contributed by atoms with Crippen molar-refractivity contribution in [2.24, 2.45) is 0 Å². The van der Waals surface area contributed by atoms with Gasteiger partial charge in [0.25, 0.3) is 0 Å². The number of nitrogens with zero attached hydrogens (tertiary/aromatic N) is 1. The Balaban J connectivity index is 2.22. The van der Waals surface area contributed by atoms with Gasteiger partial charge in [-0.15, -0.1) is 0 Å². The molecule has 0 aliphatic heterocycles. The molecular weight excluding hydrogens is 262 g/mol. The zero-order valence-corrected chi connectivity index (χ0v) is 10.3. The minimum absolute atomic E-state index is 0.128. The Kier molecular flexibility index (Phi) is 3.95. The molecule has 0 saturated heterocycles. The number of carboxylic acids is 2. The Hall–Kier alpha value is -2.89. The molecule has 0 radical (unpaired) electrons. The van der Waals surface area contributed by atoms with Gasteiger partial charge in [-0.1, -0.05) is 6.07 Å². The zero-order valence-electron chi connectivity index (χ0n) is 10.3. The second-order valence-corrected chi connectivity index (χ2v) is 3.97. The lowest BCUT2D eigenvalue weighted by Crippen LogP contribution is -2.05. The van der Waals surface area contributed by atoms with Crippen molar-refractivity contribution in [2.45, 2.75) is 6.61 Å². The van der Waals surface area contributed by atoms with Crippen molar-refractivity contribution in [1.82, 2.24) is 4.98 Å². The van der Waals surface area contributed by atoms with Crippen molar-refractivity contribution in [1.29, 1.82) is 0 Å². The van der Waals surface area contributed by atoms with Gasteiger partial charge in [-0.25, -0.2) is 9.59 Å². The average Bonchev–Trinajstić information content (AvgIpc) is 2.45. The Morgan fingerprint density at radius 1 is 1.05 bits per heavy atom. The molecule has 102 valence electrons. The Morgan fingerprint density at radius 2 is 1.70 bits per heavy atom. The third-order valence-electron chi connectivity index (χ3n) is 2.51. The summed E-state index contributed by atoms with van der Waals surface area (Å²) in [5, 5.41) is 17.9. The normalized spacial score (nSPS) is 10.0. The minimum atomic E-state index is -1.21. The molecule has 0 fully saturated rings. The summed E-state index contributed by atoms with van der Waals surface area (Å²) in [6.45, 7) is 0.128. The summed E-state index contributed by atoms with van der Waals surface area (Å²) in [5.41, 5.74) is 0.381. The van der Waals surface area contributed by atoms with E-state index in [4.69, 9.17) is 14.9 Å². The van der Waals surface area contributed by atoms with Crippen LogP contribution in [0.5, 0.6) is 5.75 Å². The first-order valence-electron chi connectivity index (χ1n) is 5.70. The number of ether oxygens (including phenoxy) is 1. The highest BCUT2D eigenvalue weighted by atomic mass is 16.5. The average molecular weight is 273 g/mol. The van der Waals surface area contributed by atoms with Gasteiger partial charge in [0.15, 0.2) is 0 Å². The maximum atomic E-state index is 10.9. The Morgan fingerprint density at radius 3 is 2.20 bits per heavy atom. The Labute approximate surface area is 114 Å². The Bertz CT molecular complexity index is 607. The standard InChI is InChI=1S/C14H11NO5/c16-13(17)9-5-10(14(18)19)7-12(6-9)20-8-11-3-1-2-4-15-11/h1-7H,8H2,(H,16,17)(H,18,19). The van der Waals surface area contributed by atoms with Crippen molar-refractivity contribution in [2.75, 3.05) is 0 Å². The van der Waals surface area contributed by atoms with E-state index in [1.807, 2.05) is 0 Å². The molecule has 0 atom stereocenters. The topological polar surface area (TPSA) is 96.7 Å². The maximum Gasteiger partial charge on any atom is 0.335 e. The van der Waals surface area contributed by atoms with Crippen molar-refractivity contribution >= 4 is 11.9 Å². The molecule has 0 aliphatic rings. The lowest BCUT2D eigenvalue weighted by molar-refractivity contribution is 0.0696. The number of carbonyl (C=O) groups is 2. The van der Waals surface area contributed by atoms with E-state index in [2.05, 4.69) is 4.98 Å². The van der Waals surface area contributed by atoms with E-state index in [0.717, 1.165) is 6.07 Å². The van der Waals surface area contributed by atoms with Gasteiger partial charge in [-0.05, 0) is 30.3 Å². The molecule has 0 saturated carbocycles. The summed E-state index contributed by atoms with van der Waals surface area (Å²) < 4.78 is 5.38. The van der Waals surface area contributed by atoms with Gasteiger partial charge in [-0.2, -0.15) is 0 Å². The summed E-state index contributed by atoms with van der Waals surface area (Å²) in [6.07, 6.45) is 1.61. The molecule has 1 aromatic carbocycles. The molecule has 20 heavy (non-hydrogen) atoms. The van der Waals surface area contributed by atoms with Crippen LogP contribution < -0.4 is 4.74 Å². The van der Waals surface area contributed by atoms with E-state index in [0.29, 0.717) is 5.69 Å². The first kappa shape index (κ1) is 13.5. The molecule has 0 unspecified atom stereocenters. The van der Waals surface area contributed by atoms with Gasteiger partial charge in [-0.3, -0.25) is 4.98 Å². The van der Waals surface area contributed by atoms with Crippen LogP contribution in [0.1, 0.15) is 26.4 Å². The van der Waals surface area contributed by atoms with Crippen molar-refractivity contribution in [3.63, 3.8) is 0 Å². The highest BCUT2D eigenvalue weighted by Crippen LogP contribution is 2.18. The third kappa shape index (κ3) is 3.32. The summed E-state index contributed by atoms with van der Waals surface area (Å²) >= 11 is 0. The van der Waals surface area contributed by atoms with Gasteiger partial charge in [0.2, 0.25) is 0 Å². The van der Waals surface area contributed by atoms with Crippen LogP contribution in [0.4, 0.5) is 0 Å². The van der Waals surface area contributed by atoms with E-state index >= 15 is 0 Å². The fourth-order valence-corrected chi connectivity index (χ4v) is 1.57. The van der Waals surface area contributed by atoms with E-state index in [-0.39, 0.29) is 23.5 Å². The van der Waals surface area contributed by atoms with E-state index < -0.39 is 11.9 Å². The van der Waals surface area contributed by atoms with Crippen LogP contribution >= 0.6 is 0 Å². The van der Waals surface area contributed by atoms with Gasteiger partial charge in [0, 0.05) is 6.20 Å². The molecule has 2 rings (SSSR count). The number of rotatable bonds is 5. The van der Waals surface area contributed by atoms with Crippen molar-refractivity contribution < 1.29 is 24.5 Å². The molecule has 2 aromatic rings. The number of pyridine rings is 1. The van der Waals surface area contributed by atoms with Crippen LogP contribution in [-0.4, -0.2) is 27.1 Å². The van der Waals surface area contributed by atoms with E-state index in [9.17, 15) is 9.59 Å². The van der Waals surface area contributed by atoms with Crippen LogP contribution in [0, 0.1) is 0 Å². The lowest BCUT2D eigenvalue weighted by Gasteiger charge is -2.08. The first-order chi connectivity index (χ1) is 9.56. The fraction of sp³-hybridized carbons (Fsp3) is 0.0714. The molecule has 0 bridgehead atoms. The van der Waals surface area contributed by atoms with Crippen LogP contribution in [-0.2, 0) is 6.61 Å². The second kappa shape index (κ2) is 5.83. The zero-order chi connectivity index (χ0) is 14.5. The third-order valence-corrected chi connectivity index (χ3v) is 2.51. The molecular formula is C14H11NO5. The van der Waals surface area contributed by atoms with Crippen molar-refractivity contribution in [3.8, 4) is 5.75 Å². The lowest BCUT2D eigenvalue weighted by atomic mass is 10.1. The molecule has 0 aliphatic carbocycles. The number of hydrogen-bond donors (Lipinski definition) is 2. The van der Waals surface area contributed by atoms with Gasteiger partial charge >= 0.3 is 11.9 Å². The fourth-order valence-electron chi connectivity index (χ4n) is 1.57. The molecule has 2 N–H and O–H groups in total. The quantitative estimate of drug-likeness (QED) is 0.865. The largest absolute Gasteiger partial charge is 0.487 e. The highest BCUT2D eigenvalue weighted by Gasteiger charge is 2.12. The monoisotopic (exact) mass is 273 g/mol. The van der Waals surface area contributed by atoms with Crippen molar-refractivity contribution in [3.05, 3.63) is 59.4 Å². The number of benzene rings is 1. The number of hydrogen-bond acceptors (Lipinski definition) is 4. The summed E-state index contributed by atoms with van der Waals surface area (Å²) in [7, 11) is 0. The molecule has 6 heteroatoms. The number of aromatic carboxylic acids is 2. The van der Waals surface area contributed by atoms with Crippen LogP contribution in [0.2, 0.25) is 0 Å². The molecule has 0 spiro atoms. The summed E-state index contributed by atoms with van der Waals surface area (Å²) in [5.74, 6) is -2.25. The molecule has 1 aromatic heterocycles. The van der Waals surface area contributed by atoms with Gasteiger partial charge in [0.05, 0.1) is 16.8 Å². The summed E-state index contributed by atoms with van der Waals surface area (Å²) in [6, 6.07) is 8.94. The highest BCUT2D eigenvalue weighted by molar-refractivity contribution is 5.94. The minimum Gasteiger partial charge on any atom is -0.487 e. The van der Waals surface area contributed by atoms with E-state index in [1.54, 1.807) is 24.4 Å². The van der Waals surface area contributed by atoms with Crippen LogP contribution in [0.25, 0.3) is 0 Å². The van der Waals surface area contributed by atoms with Crippen LogP contribution in [0.3, 0.4) is 0 Å². The predicted molar refractivity (Wildman–Crippen MR) is 68.9 cm³/mol. The number of carboxylic acid groups (broad SMARTS) is 2. The second-order valence-electron chi connectivity index (χ2n) is 3.97. The summed E-state index contributed by atoms with van der Waals surface area (Å²) in [4.78, 5) is 25.9. The predicted octanol–water partition coefficient (Wildman–Crippen LogP) is 2.06. The first-order valence-corrected chi connectivity index (χ1v) is 5.70. The van der Waals surface area contributed by atoms with Crippen LogP contribution in [0.15, 0.2) is 42.6 Å². The van der Waals surface area contributed by atoms with Gasteiger partial charge in [0.1, 0.15) is 12.4 Å². The molecule has 6 nitrogen and oxygen atoms in total. The number of aromatic nitrogens is 1. The maximum absolute atomic E-state index is 10.9. The molecule has 1 heterocycles. The SMILES string of the molecule is O=C(O)c1cc(OCc2ccccn2)cc(C(=O)O)c1.